The quantitative estimate of drug-likeness (QED) is 0.360. The Hall–Kier alpha value is -3.44. The summed E-state index contributed by atoms with van der Waals surface area (Å²) in [5.74, 6) is -3.16. The van der Waals surface area contributed by atoms with Crippen LogP contribution >= 0.6 is 0 Å². The number of halogens is 3. The van der Waals surface area contributed by atoms with Crippen molar-refractivity contribution in [2.24, 2.45) is 11.7 Å². The van der Waals surface area contributed by atoms with Crippen LogP contribution in [0.5, 0.6) is 0 Å². The first kappa shape index (κ1) is 33.5. The van der Waals surface area contributed by atoms with Gasteiger partial charge >= 0.3 is 0 Å². The number of piperazine rings is 1. The Morgan fingerprint density at radius 3 is 2.25 bits per heavy atom. The SMILES string of the molecule is CCCC1CN(C(Cc2ccc(F)c(F)c2)C(=O)NC)CCN1C(=O)C(Cc1ccc(F)cc1)NC(=O)C1CCC(N)CC1. The highest BCUT2D eigenvalue weighted by Crippen LogP contribution is 2.25. The molecular formula is C33H44F3N5O3. The van der Waals surface area contributed by atoms with Gasteiger partial charge in [0.15, 0.2) is 11.6 Å². The lowest BCUT2D eigenvalue weighted by atomic mass is 9.85. The highest BCUT2D eigenvalue weighted by atomic mass is 19.2. The molecule has 1 saturated carbocycles. The van der Waals surface area contributed by atoms with Crippen molar-refractivity contribution in [1.82, 2.24) is 20.4 Å². The Morgan fingerprint density at radius 1 is 0.932 bits per heavy atom. The van der Waals surface area contributed by atoms with Crippen LogP contribution < -0.4 is 16.4 Å². The van der Waals surface area contributed by atoms with Crippen molar-refractivity contribution in [2.75, 3.05) is 26.7 Å². The van der Waals surface area contributed by atoms with Crippen molar-refractivity contribution in [1.29, 1.82) is 0 Å². The Labute approximate surface area is 257 Å². The van der Waals surface area contributed by atoms with Gasteiger partial charge in [0.1, 0.15) is 11.9 Å². The minimum absolute atomic E-state index is 0.0856. The summed E-state index contributed by atoms with van der Waals surface area (Å²) in [5, 5.41) is 5.70. The van der Waals surface area contributed by atoms with E-state index in [9.17, 15) is 27.6 Å². The van der Waals surface area contributed by atoms with Crippen LogP contribution in [0.15, 0.2) is 42.5 Å². The van der Waals surface area contributed by atoms with E-state index in [1.807, 2.05) is 11.8 Å². The number of nitrogens with one attached hydrogen (secondary N) is 2. The molecule has 0 aromatic heterocycles. The summed E-state index contributed by atoms with van der Waals surface area (Å²) in [6.07, 6.45) is 4.70. The van der Waals surface area contributed by atoms with E-state index in [2.05, 4.69) is 10.6 Å². The molecule has 1 aliphatic carbocycles. The van der Waals surface area contributed by atoms with Crippen LogP contribution in [-0.4, -0.2) is 78.4 Å². The first-order valence-electron chi connectivity index (χ1n) is 15.6. The first-order valence-corrected chi connectivity index (χ1v) is 15.6. The van der Waals surface area contributed by atoms with Gasteiger partial charge in [-0.2, -0.15) is 0 Å². The van der Waals surface area contributed by atoms with E-state index < -0.39 is 23.7 Å². The number of hydrogen-bond donors (Lipinski definition) is 3. The summed E-state index contributed by atoms with van der Waals surface area (Å²) in [5.41, 5.74) is 7.26. The molecule has 3 atom stereocenters. The molecule has 0 bridgehead atoms. The number of amides is 3. The fraction of sp³-hybridized carbons (Fsp3) is 0.545. The molecule has 240 valence electrons. The average molecular weight is 616 g/mol. The van der Waals surface area contributed by atoms with Gasteiger partial charge < -0.3 is 21.3 Å². The Bertz CT molecular complexity index is 1290. The number of hydrogen-bond acceptors (Lipinski definition) is 5. The van der Waals surface area contributed by atoms with Crippen LogP contribution in [0.3, 0.4) is 0 Å². The smallest absolute Gasteiger partial charge is 0.245 e. The molecule has 11 heteroatoms. The maximum atomic E-state index is 14.2. The molecule has 3 unspecified atom stereocenters. The molecule has 44 heavy (non-hydrogen) atoms. The number of carbonyl (C=O) groups is 3. The summed E-state index contributed by atoms with van der Waals surface area (Å²) in [4.78, 5) is 44.3. The van der Waals surface area contributed by atoms with Crippen molar-refractivity contribution < 1.29 is 27.6 Å². The van der Waals surface area contributed by atoms with Crippen LogP contribution in [-0.2, 0) is 27.2 Å². The summed E-state index contributed by atoms with van der Waals surface area (Å²) < 4.78 is 41.1. The normalized spacial score (nSPS) is 22.2. The van der Waals surface area contributed by atoms with Crippen LogP contribution in [0, 0.1) is 23.4 Å². The first-order chi connectivity index (χ1) is 21.1. The number of likely N-dealkylation sites (N-methyl/N-ethyl adjacent to an activating group) is 1. The van der Waals surface area contributed by atoms with E-state index in [1.165, 1.54) is 25.2 Å². The molecule has 2 aromatic carbocycles. The van der Waals surface area contributed by atoms with Crippen LogP contribution in [0.2, 0.25) is 0 Å². The third-order valence-electron chi connectivity index (χ3n) is 8.93. The Kier molecular flexibility index (Phi) is 11.8. The molecule has 3 amide bonds. The Balaban J connectivity index is 1.53. The van der Waals surface area contributed by atoms with Gasteiger partial charge in [0.2, 0.25) is 17.7 Å². The van der Waals surface area contributed by atoms with Crippen molar-refractivity contribution in [3.63, 3.8) is 0 Å². The van der Waals surface area contributed by atoms with Gasteiger partial charge in [-0.05, 0) is 73.9 Å². The zero-order valence-corrected chi connectivity index (χ0v) is 25.5. The lowest BCUT2D eigenvalue weighted by molar-refractivity contribution is -0.143. The van der Waals surface area contributed by atoms with E-state index in [4.69, 9.17) is 5.73 Å². The molecular weight excluding hydrogens is 571 g/mol. The van der Waals surface area contributed by atoms with Crippen LogP contribution in [0.25, 0.3) is 0 Å². The second-order valence-corrected chi connectivity index (χ2v) is 12.1. The van der Waals surface area contributed by atoms with Gasteiger partial charge in [-0.1, -0.05) is 31.5 Å². The lowest BCUT2D eigenvalue weighted by Gasteiger charge is -2.45. The molecule has 1 aliphatic heterocycles. The number of rotatable bonds is 11. The predicted octanol–water partition coefficient (Wildman–Crippen LogP) is 3.32. The number of carbonyl (C=O) groups excluding carboxylic acids is 3. The summed E-state index contributed by atoms with van der Waals surface area (Å²) in [6, 6.07) is 7.92. The highest BCUT2D eigenvalue weighted by Gasteiger charge is 2.38. The maximum absolute atomic E-state index is 14.2. The zero-order valence-electron chi connectivity index (χ0n) is 25.5. The molecule has 4 N–H and O–H groups in total. The summed E-state index contributed by atoms with van der Waals surface area (Å²) >= 11 is 0. The monoisotopic (exact) mass is 615 g/mol. The van der Waals surface area contributed by atoms with Crippen molar-refractivity contribution in [3.05, 3.63) is 71.0 Å². The second-order valence-electron chi connectivity index (χ2n) is 12.1. The van der Waals surface area contributed by atoms with Gasteiger partial charge in [0, 0.05) is 51.1 Å². The number of benzene rings is 2. The third kappa shape index (κ3) is 8.59. The van der Waals surface area contributed by atoms with Crippen LogP contribution in [0.4, 0.5) is 13.2 Å². The molecule has 1 saturated heterocycles. The molecule has 0 radical (unpaired) electrons. The molecule has 2 aliphatic rings. The molecule has 2 fully saturated rings. The Morgan fingerprint density at radius 2 is 1.61 bits per heavy atom. The molecule has 8 nitrogen and oxygen atoms in total. The fourth-order valence-electron chi connectivity index (χ4n) is 6.40. The number of nitrogens with zero attached hydrogens (tertiary/aromatic N) is 2. The van der Waals surface area contributed by atoms with Crippen LogP contribution in [0.1, 0.15) is 56.6 Å². The van der Waals surface area contributed by atoms with Crippen molar-refractivity contribution in [2.45, 2.75) is 82.5 Å². The minimum Gasteiger partial charge on any atom is -0.358 e. The van der Waals surface area contributed by atoms with E-state index in [0.29, 0.717) is 44.5 Å². The summed E-state index contributed by atoms with van der Waals surface area (Å²) in [7, 11) is 1.53. The van der Waals surface area contributed by atoms with E-state index >= 15 is 0 Å². The van der Waals surface area contributed by atoms with Gasteiger partial charge in [-0.25, -0.2) is 13.2 Å². The largest absolute Gasteiger partial charge is 0.358 e. The molecule has 1 heterocycles. The van der Waals surface area contributed by atoms with E-state index in [-0.39, 0.29) is 54.4 Å². The van der Waals surface area contributed by atoms with Gasteiger partial charge in [0.05, 0.1) is 6.04 Å². The molecule has 4 rings (SSSR count). The van der Waals surface area contributed by atoms with Gasteiger partial charge in [-0.3, -0.25) is 19.3 Å². The van der Waals surface area contributed by atoms with Crippen molar-refractivity contribution >= 4 is 17.7 Å². The van der Waals surface area contributed by atoms with Gasteiger partial charge in [-0.15, -0.1) is 0 Å². The van der Waals surface area contributed by atoms with E-state index in [1.54, 1.807) is 17.0 Å². The topological polar surface area (TPSA) is 108 Å². The van der Waals surface area contributed by atoms with Gasteiger partial charge in [0.25, 0.3) is 0 Å². The van der Waals surface area contributed by atoms with E-state index in [0.717, 1.165) is 37.0 Å². The fourth-order valence-corrected chi connectivity index (χ4v) is 6.40. The second kappa shape index (κ2) is 15.5. The average Bonchev–Trinajstić information content (AvgIpc) is 3.02. The highest BCUT2D eigenvalue weighted by molar-refractivity contribution is 5.89. The molecule has 2 aromatic rings. The standard InChI is InChI=1S/C33H44F3N5O3/c1-3-4-26-20-40(30(32(43)38-2)19-22-7-14-27(35)28(36)17-22)15-16-41(26)33(44)29(18-21-5-10-24(34)11-6-21)39-31(42)23-8-12-25(37)13-9-23/h5-7,10-11,14,17,23,25-26,29-30H,3-4,8-9,12-13,15-16,18-20,37H2,1-2H3,(H,38,43)(H,39,42). The maximum Gasteiger partial charge on any atom is 0.245 e. The predicted molar refractivity (Wildman–Crippen MR) is 162 cm³/mol. The lowest BCUT2D eigenvalue weighted by Crippen LogP contribution is -2.63. The summed E-state index contributed by atoms with van der Waals surface area (Å²) in [6.45, 7) is 3.12. The minimum atomic E-state index is -0.970. The zero-order chi connectivity index (χ0) is 31.8. The number of nitrogens with two attached hydrogens (primary N) is 1. The molecule has 0 spiro atoms. The third-order valence-corrected chi connectivity index (χ3v) is 8.93. The van der Waals surface area contributed by atoms with Crippen molar-refractivity contribution in [3.8, 4) is 0 Å².